The van der Waals surface area contributed by atoms with E-state index < -0.39 is 0 Å². The number of nitrogens with zero attached hydrogens (tertiary/aromatic N) is 2. The lowest BCUT2D eigenvalue weighted by atomic mass is 10.1. The second-order valence-electron chi connectivity index (χ2n) is 6.20. The van der Waals surface area contributed by atoms with E-state index in [1.54, 1.807) is 29.7 Å². The standard InChI is InChI=1S/C19H18N4OS2/c24-17(14-7-4-9-20-18(14)25)22-19-21-15-8-10-23(12-16(15)26-19)11-13-5-2-1-3-6-13/h1-7,9H,8,10-12H2,(H,20,25)(H,21,22,24). The number of anilines is 1. The zero-order valence-electron chi connectivity index (χ0n) is 14.1. The molecule has 0 aliphatic carbocycles. The van der Waals surface area contributed by atoms with Crippen LogP contribution in [0.1, 0.15) is 26.5 Å². The Kier molecular flexibility index (Phi) is 4.92. The summed E-state index contributed by atoms with van der Waals surface area (Å²) >= 11 is 6.72. The molecule has 3 aromatic rings. The van der Waals surface area contributed by atoms with Gasteiger partial charge in [0.05, 0.1) is 11.3 Å². The number of carbonyl (C=O) groups excluding carboxylic acids is 1. The molecule has 1 aliphatic rings. The van der Waals surface area contributed by atoms with Gasteiger partial charge < -0.3 is 4.98 Å². The van der Waals surface area contributed by atoms with Crippen molar-refractivity contribution in [2.24, 2.45) is 0 Å². The average molecular weight is 383 g/mol. The maximum absolute atomic E-state index is 12.4. The summed E-state index contributed by atoms with van der Waals surface area (Å²) in [6.45, 7) is 2.77. The number of hydrogen-bond donors (Lipinski definition) is 2. The van der Waals surface area contributed by atoms with Crippen LogP contribution in [-0.2, 0) is 19.5 Å². The number of hydrogen-bond acceptors (Lipinski definition) is 5. The maximum atomic E-state index is 12.4. The molecule has 2 aromatic heterocycles. The molecule has 0 radical (unpaired) electrons. The Morgan fingerprint density at radius 1 is 1.27 bits per heavy atom. The number of carbonyl (C=O) groups is 1. The van der Waals surface area contributed by atoms with E-state index in [4.69, 9.17) is 12.2 Å². The number of aromatic nitrogens is 2. The number of thiazole rings is 1. The summed E-state index contributed by atoms with van der Waals surface area (Å²) in [4.78, 5) is 23.5. The third-order valence-electron chi connectivity index (χ3n) is 4.34. The van der Waals surface area contributed by atoms with Gasteiger partial charge in [-0.05, 0) is 17.7 Å². The molecule has 132 valence electrons. The number of nitrogens with one attached hydrogen (secondary N) is 2. The van der Waals surface area contributed by atoms with E-state index in [1.807, 2.05) is 6.07 Å². The topological polar surface area (TPSA) is 61.0 Å². The molecule has 7 heteroatoms. The van der Waals surface area contributed by atoms with Crippen LogP contribution in [0.5, 0.6) is 0 Å². The molecule has 5 nitrogen and oxygen atoms in total. The van der Waals surface area contributed by atoms with E-state index in [0.29, 0.717) is 15.3 Å². The Bertz CT molecular complexity index is 980. The van der Waals surface area contributed by atoms with E-state index >= 15 is 0 Å². The summed E-state index contributed by atoms with van der Waals surface area (Å²) in [7, 11) is 0. The summed E-state index contributed by atoms with van der Waals surface area (Å²) in [5.41, 5.74) is 2.86. The molecule has 3 heterocycles. The first-order valence-electron chi connectivity index (χ1n) is 8.43. The Hall–Kier alpha value is -2.35. The zero-order chi connectivity index (χ0) is 17.9. The molecule has 1 amide bonds. The molecule has 1 aromatic carbocycles. The Morgan fingerprint density at radius 3 is 2.92 bits per heavy atom. The average Bonchev–Trinajstić information content (AvgIpc) is 3.04. The lowest BCUT2D eigenvalue weighted by molar-refractivity contribution is 0.102. The molecule has 4 rings (SSSR count). The first-order valence-corrected chi connectivity index (χ1v) is 9.65. The Morgan fingerprint density at radius 2 is 2.12 bits per heavy atom. The molecule has 26 heavy (non-hydrogen) atoms. The van der Waals surface area contributed by atoms with E-state index in [1.165, 1.54) is 10.4 Å². The van der Waals surface area contributed by atoms with Gasteiger partial charge in [0, 0.05) is 37.1 Å². The van der Waals surface area contributed by atoms with Gasteiger partial charge in [-0.25, -0.2) is 4.98 Å². The van der Waals surface area contributed by atoms with Crippen molar-refractivity contribution in [3.63, 3.8) is 0 Å². The Labute approximate surface area is 160 Å². The molecule has 0 saturated carbocycles. The molecule has 0 bridgehead atoms. The second-order valence-corrected chi connectivity index (χ2v) is 7.69. The van der Waals surface area contributed by atoms with Crippen LogP contribution in [0, 0.1) is 4.64 Å². The van der Waals surface area contributed by atoms with Gasteiger partial charge in [-0.3, -0.25) is 15.0 Å². The Balaban J connectivity index is 1.45. The summed E-state index contributed by atoms with van der Waals surface area (Å²) in [5, 5.41) is 3.52. The summed E-state index contributed by atoms with van der Waals surface area (Å²) in [5.74, 6) is -0.223. The highest BCUT2D eigenvalue weighted by atomic mass is 32.1. The summed E-state index contributed by atoms with van der Waals surface area (Å²) in [6, 6.07) is 13.9. The van der Waals surface area contributed by atoms with Crippen molar-refractivity contribution in [2.75, 3.05) is 11.9 Å². The SMILES string of the molecule is O=C(Nc1nc2c(s1)CN(Cc1ccccc1)CC2)c1ccc[nH]c1=S. The van der Waals surface area contributed by atoms with Crippen LogP contribution in [0.25, 0.3) is 0 Å². The number of rotatable bonds is 4. The third-order valence-corrected chi connectivity index (χ3v) is 5.68. The zero-order valence-corrected chi connectivity index (χ0v) is 15.7. The fraction of sp³-hybridized carbons (Fsp3) is 0.211. The summed E-state index contributed by atoms with van der Waals surface area (Å²) < 4.78 is 0.431. The van der Waals surface area contributed by atoms with Gasteiger partial charge in [-0.2, -0.15) is 0 Å². The molecule has 0 saturated heterocycles. The maximum Gasteiger partial charge on any atom is 0.260 e. The third kappa shape index (κ3) is 3.75. The quantitative estimate of drug-likeness (QED) is 0.669. The van der Waals surface area contributed by atoms with Crippen molar-refractivity contribution in [1.29, 1.82) is 0 Å². The smallest absolute Gasteiger partial charge is 0.260 e. The van der Waals surface area contributed by atoms with E-state index in [2.05, 4.69) is 44.5 Å². The van der Waals surface area contributed by atoms with Crippen LogP contribution >= 0.6 is 23.6 Å². The second kappa shape index (κ2) is 7.49. The molecule has 2 N–H and O–H groups in total. The van der Waals surface area contributed by atoms with Gasteiger partial charge in [0.15, 0.2) is 5.13 Å². The lowest BCUT2D eigenvalue weighted by Crippen LogP contribution is -2.29. The van der Waals surface area contributed by atoms with Crippen LogP contribution in [0.4, 0.5) is 5.13 Å². The fourth-order valence-corrected chi connectivity index (χ4v) is 4.32. The number of amides is 1. The van der Waals surface area contributed by atoms with E-state index in [9.17, 15) is 4.79 Å². The van der Waals surface area contributed by atoms with Crippen LogP contribution in [0.15, 0.2) is 48.7 Å². The first-order chi connectivity index (χ1) is 12.7. The molecular formula is C19H18N4OS2. The first kappa shape index (κ1) is 17.1. The van der Waals surface area contributed by atoms with Gasteiger partial charge in [-0.15, -0.1) is 11.3 Å². The number of fused-ring (bicyclic) bond motifs is 1. The highest BCUT2D eigenvalue weighted by Gasteiger charge is 2.21. The van der Waals surface area contributed by atoms with E-state index in [0.717, 1.165) is 31.7 Å². The van der Waals surface area contributed by atoms with Crippen molar-refractivity contribution in [3.8, 4) is 0 Å². The predicted molar refractivity (Wildman–Crippen MR) is 106 cm³/mol. The molecule has 1 aliphatic heterocycles. The molecule has 0 fully saturated rings. The molecule has 0 unspecified atom stereocenters. The van der Waals surface area contributed by atoms with Crippen LogP contribution < -0.4 is 5.32 Å². The minimum atomic E-state index is -0.223. The number of H-pyrrole nitrogens is 1. The van der Waals surface area contributed by atoms with Gasteiger partial charge in [0.2, 0.25) is 0 Å². The highest BCUT2D eigenvalue weighted by molar-refractivity contribution is 7.71. The monoisotopic (exact) mass is 382 g/mol. The highest BCUT2D eigenvalue weighted by Crippen LogP contribution is 2.29. The van der Waals surface area contributed by atoms with Crippen molar-refractivity contribution in [1.82, 2.24) is 14.9 Å². The molecular weight excluding hydrogens is 364 g/mol. The molecule has 0 spiro atoms. The van der Waals surface area contributed by atoms with Crippen molar-refractivity contribution in [2.45, 2.75) is 19.5 Å². The van der Waals surface area contributed by atoms with Gasteiger partial charge >= 0.3 is 0 Å². The van der Waals surface area contributed by atoms with Crippen LogP contribution in [0.3, 0.4) is 0 Å². The van der Waals surface area contributed by atoms with Crippen LogP contribution in [0.2, 0.25) is 0 Å². The molecule has 0 atom stereocenters. The van der Waals surface area contributed by atoms with Gasteiger partial charge in [0.1, 0.15) is 4.64 Å². The van der Waals surface area contributed by atoms with Crippen molar-refractivity contribution < 1.29 is 4.79 Å². The fourth-order valence-electron chi connectivity index (χ4n) is 3.04. The van der Waals surface area contributed by atoms with Crippen molar-refractivity contribution in [3.05, 3.63) is 75.0 Å². The van der Waals surface area contributed by atoms with Gasteiger partial charge in [-0.1, -0.05) is 42.5 Å². The number of pyridine rings is 1. The van der Waals surface area contributed by atoms with Crippen molar-refractivity contribution >= 4 is 34.6 Å². The largest absolute Gasteiger partial charge is 0.352 e. The number of benzene rings is 1. The summed E-state index contributed by atoms with van der Waals surface area (Å²) in [6.07, 6.45) is 2.61. The minimum Gasteiger partial charge on any atom is -0.352 e. The minimum absolute atomic E-state index is 0.223. The van der Waals surface area contributed by atoms with Gasteiger partial charge in [0.25, 0.3) is 5.91 Å². The predicted octanol–water partition coefficient (Wildman–Crippen LogP) is 4.01. The van der Waals surface area contributed by atoms with Crippen LogP contribution in [-0.4, -0.2) is 27.3 Å². The number of aromatic amines is 1. The van der Waals surface area contributed by atoms with E-state index in [-0.39, 0.29) is 5.91 Å². The normalized spacial score (nSPS) is 14.0. The lowest BCUT2D eigenvalue weighted by Gasteiger charge is -2.25.